The molecule has 8 fully saturated rings. The molecule has 8 saturated carbocycles. The average Bonchev–Trinajstić information content (AvgIpc) is 2.34. The number of halogens is 1. The number of hydrogen-bond acceptors (Lipinski definition) is 0. The lowest BCUT2D eigenvalue weighted by atomic mass is 9.32. The van der Waals surface area contributed by atoms with Crippen molar-refractivity contribution in [3.8, 4) is 0 Å². The lowest BCUT2D eigenvalue weighted by Crippen LogP contribution is -2.67. The second kappa shape index (κ2) is 3.44. The molecule has 0 nitrogen and oxygen atoms in total. The fourth-order valence-electron chi connectivity index (χ4n) is 9.31. The average molecular weight is 291 g/mol. The van der Waals surface area contributed by atoms with E-state index in [-0.39, 0.29) is 4.87 Å². The van der Waals surface area contributed by atoms with Crippen LogP contribution in [-0.2, 0) is 0 Å². The minimum Gasteiger partial charge on any atom is -0.119 e. The van der Waals surface area contributed by atoms with E-state index in [1.54, 1.807) is 44.9 Å². The normalized spacial score (nSPS) is 69.2. The summed E-state index contributed by atoms with van der Waals surface area (Å²) < 4.78 is 0. The highest BCUT2D eigenvalue weighted by molar-refractivity contribution is 6.24. The zero-order chi connectivity index (χ0) is 13.1. The van der Waals surface area contributed by atoms with Crippen LogP contribution in [0.1, 0.15) is 64.2 Å². The third kappa shape index (κ3) is 1.21. The Morgan fingerprint density at radius 1 is 0.550 bits per heavy atom. The lowest BCUT2D eigenvalue weighted by molar-refractivity contribution is -0.230. The first kappa shape index (κ1) is 11.8. The van der Waals surface area contributed by atoms with Crippen LogP contribution in [0.3, 0.4) is 0 Å². The second-order valence-electron chi connectivity index (χ2n) is 9.80. The summed E-state index contributed by atoms with van der Waals surface area (Å²) in [4.78, 5) is 0.246. The molecule has 0 aromatic carbocycles. The molecule has 110 valence electrons. The number of alkyl halides is 1. The molecule has 0 radical (unpaired) electrons. The molecule has 20 heavy (non-hydrogen) atoms. The summed E-state index contributed by atoms with van der Waals surface area (Å²) in [5.74, 6) is 7.56. The Balaban J connectivity index is 1.48. The van der Waals surface area contributed by atoms with E-state index in [4.69, 9.17) is 11.6 Å². The standard InChI is InChI=1S/C19H27Cl/c20-18-8-13-6-16(9-18)19(17(7-13)10-18)14-2-11-1-12(4-14)5-15(19)3-11/h11-17H,1-10H2/t11?,12?,13?,14?,15?,16-,17+,18?,19?. The van der Waals surface area contributed by atoms with E-state index in [2.05, 4.69) is 0 Å². The molecule has 8 aliphatic rings. The molecule has 1 heteroatoms. The summed E-state index contributed by atoms with van der Waals surface area (Å²) in [6.07, 6.45) is 15.3. The first-order valence-electron chi connectivity index (χ1n) is 9.34. The fourth-order valence-corrected chi connectivity index (χ4v) is 9.90. The Hall–Kier alpha value is 0.290. The lowest BCUT2D eigenvalue weighted by Gasteiger charge is -2.73. The van der Waals surface area contributed by atoms with Crippen molar-refractivity contribution in [2.45, 2.75) is 69.1 Å². The molecule has 2 unspecified atom stereocenters. The minimum absolute atomic E-state index is 0.246. The first-order chi connectivity index (χ1) is 9.66. The van der Waals surface area contributed by atoms with E-state index < -0.39 is 0 Å². The van der Waals surface area contributed by atoms with Gasteiger partial charge in [-0.1, -0.05) is 0 Å². The van der Waals surface area contributed by atoms with Gasteiger partial charge in [0.05, 0.1) is 0 Å². The van der Waals surface area contributed by atoms with Gasteiger partial charge in [0.25, 0.3) is 0 Å². The molecule has 0 aromatic heterocycles. The SMILES string of the molecule is ClC12CC3C[C@H](C1)C1(C4CC5CC(C4)CC1C5)[C@@H](C3)C2. The number of hydrogen-bond donors (Lipinski definition) is 0. The van der Waals surface area contributed by atoms with Crippen molar-refractivity contribution >= 4 is 11.6 Å². The molecular formula is C19H27Cl. The molecule has 0 amide bonds. The maximum atomic E-state index is 7.03. The molecule has 8 rings (SSSR count). The highest BCUT2D eigenvalue weighted by Crippen LogP contribution is 2.76. The summed E-state index contributed by atoms with van der Waals surface area (Å²) in [5.41, 5.74) is 0.794. The third-order valence-corrected chi connectivity index (χ3v) is 9.54. The van der Waals surface area contributed by atoms with Gasteiger partial charge in [-0.3, -0.25) is 0 Å². The van der Waals surface area contributed by atoms with Gasteiger partial charge < -0.3 is 0 Å². The highest BCUT2D eigenvalue weighted by Gasteiger charge is 2.69. The van der Waals surface area contributed by atoms with E-state index in [1.165, 1.54) is 19.3 Å². The van der Waals surface area contributed by atoms with Crippen LogP contribution < -0.4 is 0 Å². The smallest absolute Gasteiger partial charge is 0.0455 e. The Labute approximate surface area is 128 Å². The monoisotopic (exact) mass is 290 g/mol. The van der Waals surface area contributed by atoms with Crippen LogP contribution in [0.4, 0.5) is 0 Å². The van der Waals surface area contributed by atoms with Gasteiger partial charge in [-0.25, -0.2) is 0 Å². The van der Waals surface area contributed by atoms with Gasteiger partial charge >= 0.3 is 0 Å². The second-order valence-corrected chi connectivity index (χ2v) is 10.6. The van der Waals surface area contributed by atoms with E-state index in [9.17, 15) is 0 Å². The van der Waals surface area contributed by atoms with Crippen LogP contribution in [0.15, 0.2) is 0 Å². The number of rotatable bonds is 0. The largest absolute Gasteiger partial charge is 0.119 e. The Bertz CT molecular complexity index is 420. The van der Waals surface area contributed by atoms with Gasteiger partial charge in [-0.15, -0.1) is 11.6 Å². The van der Waals surface area contributed by atoms with Crippen LogP contribution in [-0.4, -0.2) is 4.87 Å². The van der Waals surface area contributed by atoms with Gasteiger partial charge in [0.15, 0.2) is 0 Å². The molecule has 1 spiro atoms. The topological polar surface area (TPSA) is 0 Å². The summed E-state index contributed by atoms with van der Waals surface area (Å²) in [6, 6.07) is 0. The molecule has 8 bridgehead atoms. The van der Waals surface area contributed by atoms with Crippen molar-refractivity contribution in [2.24, 2.45) is 46.8 Å². The Morgan fingerprint density at radius 3 is 1.55 bits per heavy atom. The van der Waals surface area contributed by atoms with Gasteiger partial charge in [-0.2, -0.15) is 0 Å². The van der Waals surface area contributed by atoms with Gasteiger partial charge in [-0.05, 0) is 111 Å². The fraction of sp³-hybridized carbons (Fsp3) is 1.00. The molecule has 0 N–H and O–H groups in total. The molecule has 0 aromatic rings. The molecular weight excluding hydrogens is 264 g/mol. The molecule has 4 atom stereocenters. The highest BCUT2D eigenvalue weighted by atomic mass is 35.5. The van der Waals surface area contributed by atoms with Crippen molar-refractivity contribution < 1.29 is 0 Å². The van der Waals surface area contributed by atoms with E-state index in [1.807, 2.05) is 0 Å². The van der Waals surface area contributed by atoms with Gasteiger partial charge in [0, 0.05) is 4.87 Å². The van der Waals surface area contributed by atoms with Crippen LogP contribution in [0.2, 0.25) is 0 Å². The zero-order valence-electron chi connectivity index (χ0n) is 12.5. The maximum Gasteiger partial charge on any atom is 0.0455 e. The summed E-state index contributed by atoms with van der Waals surface area (Å²) in [6.45, 7) is 0. The Kier molecular flexibility index (Phi) is 2.03. The quantitative estimate of drug-likeness (QED) is 0.535. The van der Waals surface area contributed by atoms with Crippen molar-refractivity contribution in [1.29, 1.82) is 0 Å². The predicted molar refractivity (Wildman–Crippen MR) is 81.6 cm³/mol. The third-order valence-electron chi connectivity index (χ3n) is 9.08. The predicted octanol–water partition coefficient (Wildman–Crippen LogP) is 5.25. The summed E-state index contributed by atoms with van der Waals surface area (Å²) in [7, 11) is 0. The van der Waals surface area contributed by atoms with Crippen molar-refractivity contribution in [2.75, 3.05) is 0 Å². The summed E-state index contributed by atoms with van der Waals surface area (Å²) in [5, 5.41) is 0. The first-order valence-corrected chi connectivity index (χ1v) is 9.72. The van der Waals surface area contributed by atoms with Gasteiger partial charge in [0.2, 0.25) is 0 Å². The van der Waals surface area contributed by atoms with Crippen LogP contribution in [0.5, 0.6) is 0 Å². The van der Waals surface area contributed by atoms with Crippen molar-refractivity contribution in [3.63, 3.8) is 0 Å². The van der Waals surface area contributed by atoms with E-state index >= 15 is 0 Å². The van der Waals surface area contributed by atoms with Crippen LogP contribution >= 0.6 is 11.6 Å². The van der Waals surface area contributed by atoms with E-state index in [0.29, 0.717) is 0 Å². The van der Waals surface area contributed by atoms with Crippen LogP contribution in [0.25, 0.3) is 0 Å². The molecule has 0 saturated heterocycles. The summed E-state index contributed by atoms with van der Waals surface area (Å²) >= 11 is 7.03. The minimum atomic E-state index is 0.246. The Morgan fingerprint density at radius 2 is 1.05 bits per heavy atom. The molecule has 0 heterocycles. The van der Waals surface area contributed by atoms with Crippen molar-refractivity contribution in [3.05, 3.63) is 0 Å². The maximum absolute atomic E-state index is 7.03. The van der Waals surface area contributed by atoms with Gasteiger partial charge in [0.1, 0.15) is 0 Å². The zero-order valence-corrected chi connectivity index (χ0v) is 13.2. The van der Waals surface area contributed by atoms with Crippen molar-refractivity contribution in [1.82, 2.24) is 0 Å². The molecule has 8 aliphatic carbocycles. The van der Waals surface area contributed by atoms with Crippen LogP contribution in [0, 0.1) is 46.8 Å². The van der Waals surface area contributed by atoms with E-state index in [0.717, 1.165) is 46.8 Å². The molecule has 0 aliphatic heterocycles.